The lowest BCUT2D eigenvalue weighted by atomic mass is 10.3. The van der Waals surface area contributed by atoms with Crippen molar-refractivity contribution in [3.8, 4) is 11.5 Å². The molecule has 118 valence electrons. The van der Waals surface area contributed by atoms with Gasteiger partial charge in [0.2, 0.25) is 0 Å². The quantitative estimate of drug-likeness (QED) is 0.532. The molecule has 0 aromatic heterocycles. The maximum atomic E-state index is 5.66. The topological polar surface area (TPSA) is 18.5 Å². The maximum Gasteiger partial charge on any atom is 0.123 e. The Morgan fingerprint density at radius 1 is 0.727 bits per heavy atom. The Labute approximate surface area is 134 Å². The standard InChI is InChI=1S/C20H26O2/c1-3-5-7-9-11-16-21-19-14-13-15-20(18-19)22-17-12-10-8-6-4-2/h5-15,18H,3-4,16-17H2,1-2H3/b7-5+,8-6+,11-9+,12-10+. The number of benzene rings is 1. The second-order valence-electron chi connectivity index (χ2n) is 4.63. The summed E-state index contributed by atoms with van der Waals surface area (Å²) in [6.07, 6.45) is 18.3. The SMILES string of the molecule is CC/C=C/C=C/COc1cccc(OC/C=C/C=C/CC)c1. The zero-order chi connectivity index (χ0) is 15.9. The van der Waals surface area contributed by atoms with Gasteiger partial charge in [0.15, 0.2) is 0 Å². The van der Waals surface area contributed by atoms with Gasteiger partial charge in [0.25, 0.3) is 0 Å². The van der Waals surface area contributed by atoms with Crippen LogP contribution in [0.3, 0.4) is 0 Å². The van der Waals surface area contributed by atoms with Crippen LogP contribution in [0, 0.1) is 0 Å². The molecule has 0 spiro atoms. The van der Waals surface area contributed by atoms with Crippen molar-refractivity contribution in [3.05, 3.63) is 72.9 Å². The van der Waals surface area contributed by atoms with Crippen molar-refractivity contribution in [2.75, 3.05) is 13.2 Å². The van der Waals surface area contributed by atoms with E-state index in [9.17, 15) is 0 Å². The first-order valence-corrected chi connectivity index (χ1v) is 7.85. The number of hydrogen-bond acceptors (Lipinski definition) is 2. The predicted octanol–water partition coefficient (Wildman–Crippen LogP) is 5.49. The smallest absolute Gasteiger partial charge is 0.123 e. The van der Waals surface area contributed by atoms with Gasteiger partial charge < -0.3 is 9.47 Å². The van der Waals surface area contributed by atoms with Crippen molar-refractivity contribution in [3.63, 3.8) is 0 Å². The Hall–Kier alpha value is -2.22. The maximum absolute atomic E-state index is 5.66. The average Bonchev–Trinajstić information content (AvgIpc) is 2.54. The van der Waals surface area contributed by atoms with Crippen LogP contribution in [-0.4, -0.2) is 13.2 Å². The predicted molar refractivity (Wildman–Crippen MR) is 94.6 cm³/mol. The van der Waals surface area contributed by atoms with E-state index in [-0.39, 0.29) is 0 Å². The Morgan fingerprint density at radius 2 is 1.18 bits per heavy atom. The van der Waals surface area contributed by atoms with Crippen LogP contribution >= 0.6 is 0 Å². The van der Waals surface area contributed by atoms with Crippen molar-refractivity contribution in [2.45, 2.75) is 26.7 Å². The van der Waals surface area contributed by atoms with Crippen LogP contribution < -0.4 is 9.47 Å². The van der Waals surface area contributed by atoms with Crippen LogP contribution in [0.25, 0.3) is 0 Å². The second-order valence-corrected chi connectivity index (χ2v) is 4.63. The third-order valence-corrected chi connectivity index (χ3v) is 2.74. The summed E-state index contributed by atoms with van der Waals surface area (Å²) in [5, 5.41) is 0. The minimum atomic E-state index is 0.555. The molecular weight excluding hydrogens is 272 g/mol. The lowest BCUT2D eigenvalue weighted by Crippen LogP contribution is -1.96. The highest BCUT2D eigenvalue weighted by Gasteiger charge is 1.96. The van der Waals surface area contributed by atoms with Crippen molar-refractivity contribution in [2.24, 2.45) is 0 Å². The van der Waals surface area contributed by atoms with Crippen LogP contribution in [0.1, 0.15) is 26.7 Å². The molecule has 0 radical (unpaired) electrons. The van der Waals surface area contributed by atoms with Gasteiger partial charge >= 0.3 is 0 Å². The van der Waals surface area contributed by atoms with Crippen molar-refractivity contribution < 1.29 is 9.47 Å². The van der Waals surface area contributed by atoms with Crippen LogP contribution in [0.2, 0.25) is 0 Å². The number of allylic oxidation sites excluding steroid dienone is 6. The first kappa shape index (κ1) is 17.8. The molecule has 2 heteroatoms. The zero-order valence-corrected chi connectivity index (χ0v) is 13.6. The lowest BCUT2D eigenvalue weighted by molar-refractivity contribution is 0.344. The molecule has 22 heavy (non-hydrogen) atoms. The third-order valence-electron chi connectivity index (χ3n) is 2.74. The van der Waals surface area contributed by atoms with Crippen molar-refractivity contribution >= 4 is 0 Å². The fourth-order valence-corrected chi connectivity index (χ4v) is 1.64. The highest BCUT2D eigenvalue weighted by Crippen LogP contribution is 2.19. The summed E-state index contributed by atoms with van der Waals surface area (Å²) in [7, 11) is 0. The van der Waals surface area contributed by atoms with Gasteiger partial charge in [-0.3, -0.25) is 0 Å². The van der Waals surface area contributed by atoms with Crippen molar-refractivity contribution in [1.82, 2.24) is 0 Å². The summed E-state index contributed by atoms with van der Waals surface area (Å²) in [5.41, 5.74) is 0. The third kappa shape index (κ3) is 8.85. The Bertz CT molecular complexity index is 467. The molecule has 0 aliphatic carbocycles. The van der Waals surface area contributed by atoms with Gasteiger partial charge in [-0.15, -0.1) is 0 Å². The van der Waals surface area contributed by atoms with Crippen LogP contribution in [0.5, 0.6) is 11.5 Å². The Balaban J connectivity index is 2.35. The second kappa shape index (κ2) is 12.5. The van der Waals surface area contributed by atoms with E-state index in [0.717, 1.165) is 24.3 Å². The molecule has 0 heterocycles. The van der Waals surface area contributed by atoms with Gasteiger partial charge in [0.05, 0.1) is 0 Å². The van der Waals surface area contributed by atoms with Gasteiger partial charge in [0, 0.05) is 6.07 Å². The van der Waals surface area contributed by atoms with E-state index in [1.807, 2.05) is 60.7 Å². The largest absolute Gasteiger partial charge is 0.489 e. The van der Waals surface area contributed by atoms with E-state index in [1.54, 1.807) is 0 Å². The fraction of sp³-hybridized carbons (Fsp3) is 0.300. The molecule has 1 aromatic carbocycles. The molecule has 0 aliphatic heterocycles. The number of rotatable bonds is 10. The first-order valence-electron chi connectivity index (χ1n) is 7.85. The number of hydrogen-bond donors (Lipinski definition) is 0. The van der Waals surface area contributed by atoms with E-state index in [0.29, 0.717) is 13.2 Å². The Morgan fingerprint density at radius 3 is 1.64 bits per heavy atom. The summed E-state index contributed by atoms with van der Waals surface area (Å²) >= 11 is 0. The van der Waals surface area contributed by atoms with E-state index in [2.05, 4.69) is 26.0 Å². The minimum absolute atomic E-state index is 0.555. The summed E-state index contributed by atoms with van der Waals surface area (Å²) in [6, 6.07) is 7.71. The molecule has 1 rings (SSSR count). The van der Waals surface area contributed by atoms with Crippen LogP contribution in [0.4, 0.5) is 0 Å². The summed E-state index contributed by atoms with van der Waals surface area (Å²) in [6.45, 7) is 5.34. The molecule has 0 unspecified atom stereocenters. The molecule has 0 amide bonds. The first-order chi connectivity index (χ1) is 10.9. The summed E-state index contributed by atoms with van der Waals surface area (Å²) in [4.78, 5) is 0. The average molecular weight is 298 g/mol. The molecule has 2 nitrogen and oxygen atoms in total. The van der Waals surface area contributed by atoms with Gasteiger partial charge in [-0.2, -0.15) is 0 Å². The summed E-state index contributed by atoms with van der Waals surface area (Å²) < 4.78 is 11.3. The molecule has 0 bridgehead atoms. The van der Waals surface area contributed by atoms with Crippen LogP contribution in [0.15, 0.2) is 72.9 Å². The monoisotopic (exact) mass is 298 g/mol. The molecule has 0 N–H and O–H groups in total. The van der Waals surface area contributed by atoms with E-state index < -0.39 is 0 Å². The molecule has 0 saturated heterocycles. The lowest BCUT2D eigenvalue weighted by Gasteiger charge is -2.06. The minimum Gasteiger partial charge on any atom is -0.489 e. The zero-order valence-electron chi connectivity index (χ0n) is 13.6. The van der Waals surface area contributed by atoms with Gasteiger partial charge in [-0.1, -0.05) is 56.4 Å². The number of ether oxygens (including phenoxy) is 2. The molecule has 0 fully saturated rings. The summed E-state index contributed by atoms with van der Waals surface area (Å²) in [5.74, 6) is 1.63. The molecule has 0 saturated carbocycles. The molecule has 0 aliphatic rings. The van der Waals surface area contributed by atoms with E-state index in [1.165, 1.54) is 0 Å². The highest BCUT2D eigenvalue weighted by molar-refractivity contribution is 5.33. The molecule has 0 atom stereocenters. The Kier molecular flexibility index (Phi) is 10.1. The van der Waals surface area contributed by atoms with E-state index in [4.69, 9.17) is 9.47 Å². The van der Waals surface area contributed by atoms with Crippen molar-refractivity contribution in [1.29, 1.82) is 0 Å². The highest BCUT2D eigenvalue weighted by atomic mass is 16.5. The normalized spacial score (nSPS) is 12.1. The van der Waals surface area contributed by atoms with E-state index >= 15 is 0 Å². The van der Waals surface area contributed by atoms with Gasteiger partial charge in [-0.05, 0) is 37.1 Å². The fourth-order valence-electron chi connectivity index (χ4n) is 1.64. The van der Waals surface area contributed by atoms with Gasteiger partial charge in [0.1, 0.15) is 24.7 Å². The van der Waals surface area contributed by atoms with Gasteiger partial charge in [-0.25, -0.2) is 0 Å². The molecular formula is C20H26O2. The van der Waals surface area contributed by atoms with Crippen LogP contribution in [-0.2, 0) is 0 Å². The molecule has 1 aromatic rings.